The molecule has 150 valence electrons. The first-order chi connectivity index (χ1) is 12.7. The van der Waals surface area contributed by atoms with Gasteiger partial charge in [-0.15, -0.1) is 24.0 Å². The molecular formula is C20H31IN4O2. The molecule has 2 aromatic rings. The van der Waals surface area contributed by atoms with Gasteiger partial charge in [-0.2, -0.15) is 0 Å². The Bertz CT molecular complexity index is 682. The van der Waals surface area contributed by atoms with Gasteiger partial charge in [0, 0.05) is 18.5 Å². The second kappa shape index (κ2) is 12.6. The summed E-state index contributed by atoms with van der Waals surface area (Å²) < 4.78 is 10.6. The Morgan fingerprint density at radius 2 is 1.85 bits per heavy atom. The van der Waals surface area contributed by atoms with Crippen LogP contribution >= 0.6 is 24.0 Å². The van der Waals surface area contributed by atoms with E-state index in [0.29, 0.717) is 19.0 Å². The molecule has 0 saturated heterocycles. The second-order valence-electron chi connectivity index (χ2n) is 6.13. The van der Waals surface area contributed by atoms with Crippen LogP contribution in [-0.4, -0.2) is 24.8 Å². The van der Waals surface area contributed by atoms with Crippen LogP contribution in [0.5, 0.6) is 5.75 Å². The van der Waals surface area contributed by atoms with Crippen molar-refractivity contribution in [3.8, 4) is 5.75 Å². The van der Waals surface area contributed by atoms with Crippen LogP contribution in [0.4, 0.5) is 0 Å². The lowest BCUT2D eigenvalue weighted by Gasteiger charge is -2.10. The summed E-state index contributed by atoms with van der Waals surface area (Å²) in [5.74, 6) is 2.89. The van der Waals surface area contributed by atoms with Crippen molar-refractivity contribution in [2.45, 2.75) is 52.6 Å². The van der Waals surface area contributed by atoms with Crippen LogP contribution in [0.2, 0.25) is 0 Å². The lowest BCUT2D eigenvalue weighted by atomic mass is 9.99. The van der Waals surface area contributed by atoms with Gasteiger partial charge in [0.05, 0.1) is 25.9 Å². The molecule has 0 atom stereocenters. The summed E-state index contributed by atoms with van der Waals surface area (Å²) in [6.07, 6.45) is 2.14. The molecule has 1 heterocycles. The fourth-order valence-electron chi connectivity index (χ4n) is 2.73. The standard InChI is InChI=1S/C20H30N4O2.HI/c1-5-16(6-2)19-12-18(26-24-19)14-23-20(21-7-3)22-13-15-8-10-17(25-4)11-9-15;/h8-12,16H,5-7,13-14H2,1-4H3,(H2,21,22,23);1H. The largest absolute Gasteiger partial charge is 0.497 e. The van der Waals surface area contributed by atoms with E-state index in [2.05, 4.69) is 34.6 Å². The monoisotopic (exact) mass is 486 g/mol. The molecule has 0 fully saturated rings. The van der Waals surface area contributed by atoms with E-state index in [9.17, 15) is 0 Å². The van der Waals surface area contributed by atoms with Gasteiger partial charge in [-0.1, -0.05) is 31.1 Å². The van der Waals surface area contributed by atoms with Crippen LogP contribution in [0.25, 0.3) is 0 Å². The summed E-state index contributed by atoms with van der Waals surface area (Å²) in [4.78, 5) is 4.62. The summed E-state index contributed by atoms with van der Waals surface area (Å²) in [7, 11) is 1.67. The number of aromatic nitrogens is 1. The van der Waals surface area contributed by atoms with E-state index in [1.807, 2.05) is 37.3 Å². The Balaban J connectivity index is 0.00000364. The molecule has 0 aliphatic rings. The fourth-order valence-corrected chi connectivity index (χ4v) is 2.73. The lowest BCUT2D eigenvalue weighted by Crippen LogP contribution is -2.36. The van der Waals surface area contributed by atoms with Crippen molar-refractivity contribution in [3.05, 3.63) is 47.3 Å². The molecule has 0 spiro atoms. The number of aliphatic imine (C=N–C) groups is 1. The van der Waals surface area contributed by atoms with Gasteiger partial charge in [0.1, 0.15) is 5.75 Å². The maximum atomic E-state index is 5.46. The lowest BCUT2D eigenvalue weighted by molar-refractivity contribution is 0.368. The van der Waals surface area contributed by atoms with Gasteiger partial charge < -0.3 is 19.9 Å². The van der Waals surface area contributed by atoms with Crippen molar-refractivity contribution in [2.24, 2.45) is 4.99 Å². The average molecular weight is 486 g/mol. The fraction of sp³-hybridized carbons (Fsp3) is 0.500. The number of rotatable bonds is 9. The number of guanidine groups is 1. The number of nitrogens with one attached hydrogen (secondary N) is 2. The Hall–Kier alpha value is -1.77. The second-order valence-corrected chi connectivity index (χ2v) is 6.13. The SMILES string of the molecule is CCNC(=NCc1ccc(OC)cc1)NCc1cc(C(CC)CC)no1.I. The van der Waals surface area contributed by atoms with Crippen molar-refractivity contribution in [2.75, 3.05) is 13.7 Å². The van der Waals surface area contributed by atoms with E-state index < -0.39 is 0 Å². The first-order valence-corrected chi connectivity index (χ1v) is 9.30. The van der Waals surface area contributed by atoms with E-state index in [-0.39, 0.29) is 24.0 Å². The minimum Gasteiger partial charge on any atom is -0.497 e. The van der Waals surface area contributed by atoms with E-state index >= 15 is 0 Å². The number of nitrogens with zero attached hydrogens (tertiary/aromatic N) is 2. The molecule has 1 aromatic heterocycles. The van der Waals surface area contributed by atoms with Crippen LogP contribution in [0.1, 0.15) is 56.5 Å². The zero-order valence-electron chi connectivity index (χ0n) is 16.6. The van der Waals surface area contributed by atoms with Gasteiger partial charge >= 0.3 is 0 Å². The predicted octanol–water partition coefficient (Wildman–Crippen LogP) is 4.46. The number of ether oxygens (including phenoxy) is 1. The smallest absolute Gasteiger partial charge is 0.191 e. The molecule has 0 amide bonds. The zero-order chi connectivity index (χ0) is 18.8. The predicted molar refractivity (Wildman–Crippen MR) is 120 cm³/mol. The Morgan fingerprint density at radius 3 is 2.44 bits per heavy atom. The van der Waals surface area contributed by atoms with Crippen LogP contribution in [0.15, 0.2) is 39.8 Å². The highest BCUT2D eigenvalue weighted by atomic mass is 127. The maximum Gasteiger partial charge on any atom is 0.191 e. The molecule has 6 nitrogen and oxygen atoms in total. The molecule has 0 unspecified atom stereocenters. The summed E-state index contributed by atoms with van der Waals surface area (Å²) in [5.41, 5.74) is 2.16. The van der Waals surface area contributed by atoms with Crippen LogP contribution in [0.3, 0.4) is 0 Å². The minimum absolute atomic E-state index is 0. The molecule has 0 bridgehead atoms. The normalized spacial score (nSPS) is 11.2. The van der Waals surface area contributed by atoms with E-state index in [0.717, 1.165) is 48.1 Å². The van der Waals surface area contributed by atoms with Gasteiger partial charge in [-0.25, -0.2) is 4.99 Å². The third-order valence-electron chi connectivity index (χ3n) is 4.33. The van der Waals surface area contributed by atoms with Gasteiger partial charge in [0.2, 0.25) is 0 Å². The molecule has 0 aliphatic carbocycles. The van der Waals surface area contributed by atoms with E-state index in [1.165, 1.54) is 0 Å². The average Bonchev–Trinajstić information content (AvgIpc) is 3.14. The van der Waals surface area contributed by atoms with Crippen molar-refractivity contribution in [3.63, 3.8) is 0 Å². The zero-order valence-corrected chi connectivity index (χ0v) is 18.9. The Morgan fingerprint density at radius 1 is 1.15 bits per heavy atom. The van der Waals surface area contributed by atoms with Crippen LogP contribution in [-0.2, 0) is 13.1 Å². The maximum absolute atomic E-state index is 5.46. The van der Waals surface area contributed by atoms with Gasteiger partial charge in [-0.3, -0.25) is 0 Å². The molecule has 2 rings (SSSR count). The highest BCUT2D eigenvalue weighted by molar-refractivity contribution is 14.0. The summed E-state index contributed by atoms with van der Waals surface area (Å²) in [6.45, 7) is 8.34. The van der Waals surface area contributed by atoms with Crippen molar-refractivity contribution >= 4 is 29.9 Å². The molecule has 0 radical (unpaired) electrons. The molecule has 1 aromatic carbocycles. The third kappa shape index (κ3) is 7.40. The van der Waals surface area contributed by atoms with Crippen LogP contribution < -0.4 is 15.4 Å². The molecule has 7 heteroatoms. The van der Waals surface area contributed by atoms with Crippen molar-refractivity contribution < 1.29 is 9.26 Å². The Kier molecular flexibility index (Phi) is 10.8. The van der Waals surface area contributed by atoms with E-state index in [4.69, 9.17) is 9.26 Å². The summed E-state index contributed by atoms with van der Waals surface area (Å²) in [6, 6.07) is 9.96. The van der Waals surface area contributed by atoms with E-state index in [1.54, 1.807) is 7.11 Å². The summed E-state index contributed by atoms with van der Waals surface area (Å²) in [5, 5.41) is 10.8. The van der Waals surface area contributed by atoms with Crippen molar-refractivity contribution in [1.29, 1.82) is 0 Å². The topological polar surface area (TPSA) is 71.7 Å². The van der Waals surface area contributed by atoms with Crippen molar-refractivity contribution in [1.82, 2.24) is 15.8 Å². The quantitative estimate of drug-likeness (QED) is 0.311. The Labute approximate surface area is 179 Å². The number of halogens is 1. The number of hydrogen-bond acceptors (Lipinski definition) is 4. The molecule has 2 N–H and O–H groups in total. The minimum atomic E-state index is 0. The summed E-state index contributed by atoms with van der Waals surface area (Å²) >= 11 is 0. The number of hydrogen-bond donors (Lipinski definition) is 2. The van der Waals surface area contributed by atoms with Gasteiger partial charge in [0.25, 0.3) is 0 Å². The number of benzene rings is 1. The molecular weight excluding hydrogens is 455 g/mol. The first-order valence-electron chi connectivity index (χ1n) is 9.30. The third-order valence-corrected chi connectivity index (χ3v) is 4.33. The van der Waals surface area contributed by atoms with Gasteiger partial charge in [-0.05, 0) is 37.5 Å². The molecule has 27 heavy (non-hydrogen) atoms. The molecule has 0 aliphatic heterocycles. The van der Waals surface area contributed by atoms with Crippen LogP contribution in [0, 0.1) is 0 Å². The highest BCUT2D eigenvalue weighted by Gasteiger charge is 2.13. The first kappa shape index (κ1) is 23.3. The highest BCUT2D eigenvalue weighted by Crippen LogP contribution is 2.22. The number of methoxy groups -OCH3 is 1. The molecule has 0 saturated carbocycles. The van der Waals surface area contributed by atoms with Gasteiger partial charge in [0.15, 0.2) is 11.7 Å².